The number of benzene rings is 1. The predicted molar refractivity (Wildman–Crippen MR) is 67.8 cm³/mol. The lowest BCUT2D eigenvalue weighted by Gasteiger charge is -2.00. The molecular formula is C11H9NO3S2. The van der Waals surface area contributed by atoms with Gasteiger partial charge in [0.2, 0.25) is 0 Å². The van der Waals surface area contributed by atoms with E-state index in [1.807, 2.05) is 17.5 Å². The summed E-state index contributed by atoms with van der Waals surface area (Å²) in [5.74, 6) is 0. The van der Waals surface area contributed by atoms with Gasteiger partial charge in [-0.15, -0.1) is 11.3 Å². The van der Waals surface area contributed by atoms with Crippen LogP contribution in [0.25, 0.3) is 0 Å². The van der Waals surface area contributed by atoms with Crippen LogP contribution in [0.5, 0.6) is 0 Å². The second-order valence-corrected chi connectivity index (χ2v) is 5.59. The smallest absolute Gasteiger partial charge is 0.282 e. The zero-order valence-corrected chi connectivity index (χ0v) is 10.3. The van der Waals surface area contributed by atoms with Crippen molar-refractivity contribution < 1.29 is 13.0 Å². The Bertz CT molecular complexity index is 630. The fourth-order valence-corrected chi connectivity index (χ4v) is 2.50. The molecule has 1 heterocycles. The van der Waals surface area contributed by atoms with Crippen molar-refractivity contribution in [2.24, 2.45) is 4.99 Å². The minimum Gasteiger partial charge on any atom is -0.282 e. The number of hydrogen-bond donors (Lipinski definition) is 1. The lowest BCUT2D eigenvalue weighted by Crippen LogP contribution is -1.97. The standard InChI is InChI=1S/C11H9NO3S2/c13-17(14,15)11-6-2-1-5-10(11)12-8-9-4-3-7-16-9/h1-8H,(H,13,14,15). The van der Waals surface area contributed by atoms with Crippen LogP contribution in [-0.2, 0) is 10.1 Å². The van der Waals surface area contributed by atoms with Gasteiger partial charge in [0.25, 0.3) is 10.1 Å². The number of thiophene rings is 1. The molecule has 17 heavy (non-hydrogen) atoms. The minimum atomic E-state index is -4.23. The van der Waals surface area contributed by atoms with E-state index in [2.05, 4.69) is 4.99 Å². The molecule has 1 aromatic heterocycles. The summed E-state index contributed by atoms with van der Waals surface area (Å²) in [6, 6.07) is 9.79. The fraction of sp³-hybridized carbons (Fsp3) is 0. The molecular weight excluding hydrogens is 258 g/mol. The second kappa shape index (κ2) is 4.79. The lowest BCUT2D eigenvalue weighted by molar-refractivity contribution is 0.483. The average Bonchev–Trinajstić information content (AvgIpc) is 2.78. The van der Waals surface area contributed by atoms with E-state index >= 15 is 0 Å². The van der Waals surface area contributed by atoms with Gasteiger partial charge in [-0.25, -0.2) is 0 Å². The molecule has 1 N–H and O–H groups in total. The molecule has 2 rings (SSSR count). The third-order valence-corrected chi connectivity index (χ3v) is 3.73. The van der Waals surface area contributed by atoms with Crippen LogP contribution in [0.2, 0.25) is 0 Å². The Balaban J connectivity index is 2.40. The number of aliphatic imine (C=N–C) groups is 1. The molecule has 0 saturated heterocycles. The third kappa shape index (κ3) is 3.00. The normalized spacial score (nSPS) is 12.1. The zero-order valence-electron chi connectivity index (χ0n) is 8.65. The Morgan fingerprint density at radius 2 is 1.94 bits per heavy atom. The Kier molecular flexibility index (Phi) is 3.37. The average molecular weight is 267 g/mol. The Labute approximate surface area is 103 Å². The van der Waals surface area contributed by atoms with Crippen molar-refractivity contribution in [1.29, 1.82) is 0 Å². The Morgan fingerprint density at radius 1 is 1.18 bits per heavy atom. The molecule has 0 aliphatic carbocycles. The second-order valence-electron chi connectivity index (χ2n) is 3.22. The molecule has 88 valence electrons. The van der Waals surface area contributed by atoms with Gasteiger partial charge in [0.1, 0.15) is 4.90 Å². The SMILES string of the molecule is O=S(=O)(O)c1ccccc1N=Cc1cccs1. The predicted octanol–water partition coefficient (Wildman–Crippen LogP) is 2.75. The molecule has 0 aliphatic rings. The maximum Gasteiger partial charge on any atom is 0.296 e. The van der Waals surface area contributed by atoms with Crippen molar-refractivity contribution >= 4 is 33.4 Å². The van der Waals surface area contributed by atoms with E-state index in [0.717, 1.165) is 4.88 Å². The van der Waals surface area contributed by atoms with Crippen LogP contribution in [0, 0.1) is 0 Å². The molecule has 0 spiro atoms. The summed E-state index contributed by atoms with van der Waals surface area (Å²) in [6.45, 7) is 0. The van der Waals surface area contributed by atoms with E-state index in [1.54, 1.807) is 12.3 Å². The molecule has 0 amide bonds. The van der Waals surface area contributed by atoms with E-state index in [4.69, 9.17) is 4.55 Å². The van der Waals surface area contributed by atoms with Gasteiger partial charge in [0, 0.05) is 11.1 Å². The maximum absolute atomic E-state index is 11.1. The number of hydrogen-bond acceptors (Lipinski definition) is 4. The summed E-state index contributed by atoms with van der Waals surface area (Å²) in [5.41, 5.74) is 0.225. The van der Waals surface area contributed by atoms with Crippen molar-refractivity contribution in [3.8, 4) is 0 Å². The first kappa shape index (κ1) is 12.0. The van der Waals surface area contributed by atoms with E-state index in [9.17, 15) is 8.42 Å². The maximum atomic E-state index is 11.1. The van der Waals surface area contributed by atoms with Crippen molar-refractivity contribution in [1.82, 2.24) is 0 Å². The molecule has 0 fully saturated rings. The van der Waals surface area contributed by atoms with Crippen molar-refractivity contribution in [2.75, 3.05) is 0 Å². The number of rotatable bonds is 3. The van der Waals surface area contributed by atoms with Crippen molar-refractivity contribution in [3.63, 3.8) is 0 Å². The first-order chi connectivity index (χ1) is 8.07. The van der Waals surface area contributed by atoms with Crippen LogP contribution in [-0.4, -0.2) is 19.2 Å². The topological polar surface area (TPSA) is 66.7 Å². The molecule has 0 saturated carbocycles. The molecule has 2 aromatic rings. The summed E-state index contributed by atoms with van der Waals surface area (Å²) in [6.07, 6.45) is 1.56. The van der Waals surface area contributed by atoms with E-state index < -0.39 is 10.1 Å². The van der Waals surface area contributed by atoms with Gasteiger partial charge in [0.15, 0.2) is 0 Å². The van der Waals surface area contributed by atoms with Crippen LogP contribution >= 0.6 is 11.3 Å². The van der Waals surface area contributed by atoms with Crippen LogP contribution in [0.15, 0.2) is 51.7 Å². The quantitative estimate of drug-likeness (QED) is 0.687. The number of nitrogens with zero attached hydrogens (tertiary/aromatic N) is 1. The minimum absolute atomic E-state index is 0.187. The molecule has 0 aliphatic heterocycles. The van der Waals surface area contributed by atoms with Crippen LogP contribution < -0.4 is 0 Å². The number of para-hydroxylation sites is 1. The largest absolute Gasteiger partial charge is 0.296 e. The molecule has 0 unspecified atom stereocenters. The summed E-state index contributed by atoms with van der Waals surface area (Å²) >= 11 is 1.49. The summed E-state index contributed by atoms with van der Waals surface area (Å²) in [4.78, 5) is 4.79. The van der Waals surface area contributed by atoms with Gasteiger partial charge in [0.05, 0.1) is 5.69 Å². The van der Waals surface area contributed by atoms with E-state index in [-0.39, 0.29) is 10.6 Å². The van der Waals surface area contributed by atoms with Crippen LogP contribution in [0.3, 0.4) is 0 Å². The van der Waals surface area contributed by atoms with Crippen LogP contribution in [0.1, 0.15) is 4.88 Å². The fourth-order valence-electron chi connectivity index (χ4n) is 1.28. The highest BCUT2D eigenvalue weighted by atomic mass is 32.2. The van der Waals surface area contributed by atoms with Crippen molar-refractivity contribution in [3.05, 3.63) is 46.7 Å². The molecule has 4 nitrogen and oxygen atoms in total. The Morgan fingerprint density at radius 3 is 2.59 bits per heavy atom. The van der Waals surface area contributed by atoms with Crippen LogP contribution in [0.4, 0.5) is 5.69 Å². The highest BCUT2D eigenvalue weighted by Gasteiger charge is 2.13. The lowest BCUT2D eigenvalue weighted by atomic mass is 10.3. The first-order valence-corrected chi connectivity index (χ1v) is 7.03. The van der Waals surface area contributed by atoms with Gasteiger partial charge in [-0.05, 0) is 23.6 Å². The van der Waals surface area contributed by atoms with E-state index in [0.29, 0.717) is 0 Å². The van der Waals surface area contributed by atoms with Gasteiger partial charge >= 0.3 is 0 Å². The Hall–Kier alpha value is -1.50. The summed E-state index contributed by atoms with van der Waals surface area (Å²) in [7, 11) is -4.23. The third-order valence-electron chi connectivity index (χ3n) is 2.02. The summed E-state index contributed by atoms with van der Waals surface area (Å²) in [5, 5.41) is 1.90. The van der Waals surface area contributed by atoms with Crippen molar-refractivity contribution in [2.45, 2.75) is 4.90 Å². The molecule has 0 bridgehead atoms. The monoisotopic (exact) mass is 267 g/mol. The molecule has 0 radical (unpaired) electrons. The van der Waals surface area contributed by atoms with Gasteiger partial charge in [-0.3, -0.25) is 9.55 Å². The van der Waals surface area contributed by atoms with E-state index in [1.165, 1.54) is 29.5 Å². The molecule has 6 heteroatoms. The van der Waals surface area contributed by atoms with Gasteiger partial charge in [-0.2, -0.15) is 8.42 Å². The highest BCUT2D eigenvalue weighted by Crippen LogP contribution is 2.23. The summed E-state index contributed by atoms with van der Waals surface area (Å²) < 4.78 is 31.2. The molecule has 0 atom stereocenters. The zero-order chi connectivity index (χ0) is 12.3. The highest BCUT2D eigenvalue weighted by molar-refractivity contribution is 7.86. The molecule has 1 aromatic carbocycles. The van der Waals surface area contributed by atoms with Gasteiger partial charge in [-0.1, -0.05) is 18.2 Å². The first-order valence-electron chi connectivity index (χ1n) is 4.71. The van der Waals surface area contributed by atoms with Gasteiger partial charge < -0.3 is 0 Å².